The summed E-state index contributed by atoms with van der Waals surface area (Å²) in [6.45, 7) is 0. The lowest BCUT2D eigenvalue weighted by atomic mass is 10.1. The van der Waals surface area contributed by atoms with E-state index < -0.39 is 29.8 Å². The number of nitrogens with zero attached hydrogens (tertiary/aromatic N) is 1. The lowest BCUT2D eigenvalue weighted by Crippen LogP contribution is -2.17. The molecule has 0 fully saturated rings. The summed E-state index contributed by atoms with van der Waals surface area (Å²) in [6, 6.07) is 4.57. The molecule has 0 unspecified atom stereocenters. The van der Waals surface area contributed by atoms with E-state index in [1.165, 1.54) is 18.3 Å². The van der Waals surface area contributed by atoms with Crippen molar-refractivity contribution in [3.05, 3.63) is 59.7 Å². The first kappa shape index (κ1) is 13.1. The van der Waals surface area contributed by atoms with Gasteiger partial charge in [0.2, 0.25) is 5.91 Å². The maximum Gasteiger partial charge on any atom is 0.229 e. The number of pyridine rings is 1. The van der Waals surface area contributed by atoms with Crippen LogP contribution in [0.2, 0.25) is 0 Å². The van der Waals surface area contributed by atoms with Gasteiger partial charge in [-0.25, -0.2) is 13.2 Å². The average Bonchev–Trinajstić information content (AvgIpc) is 2.37. The summed E-state index contributed by atoms with van der Waals surface area (Å²) in [7, 11) is 0. The summed E-state index contributed by atoms with van der Waals surface area (Å²) in [5.41, 5.74) is -0.439. The highest BCUT2D eigenvalue weighted by molar-refractivity contribution is 5.92. The van der Waals surface area contributed by atoms with E-state index in [-0.39, 0.29) is 11.3 Å². The first-order valence-corrected chi connectivity index (χ1v) is 5.40. The van der Waals surface area contributed by atoms with Crippen LogP contribution in [0.4, 0.5) is 18.9 Å². The van der Waals surface area contributed by atoms with Crippen molar-refractivity contribution >= 4 is 11.6 Å². The Hall–Kier alpha value is -2.37. The van der Waals surface area contributed by atoms with Crippen molar-refractivity contribution in [3.63, 3.8) is 0 Å². The summed E-state index contributed by atoms with van der Waals surface area (Å²) >= 11 is 0. The molecule has 0 radical (unpaired) electrons. The molecule has 0 saturated carbocycles. The van der Waals surface area contributed by atoms with E-state index >= 15 is 0 Å². The molecule has 1 aromatic carbocycles. The Kier molecular flexibility index (Phi) is 3.79. The Labute approximate surface area is 107 Å². The van der Waals surface area contributed by atoms with Gasteiger partial charge in [-0.2, -0.15) is 0 Å². The smallest absolute Gasteiger partial charge is 0.229 e. The summed E-state index contributed by atoms with van der Waals surface area (Å²) in [6.07, 6.45) is 1.71. The topological polar surface area (TPSA) is 42.0 Å². The molecular weight excluding hydrogens is 257 g/mol. The molecule has 1 aromatic heterocycles. The third-order valence-electron chi connectivity index (χ3n) is 2.45. The van der Waals surface area contributed by atoms with E-state index in [1.807, 2.05) is 0 Å². The second kappa shape index (κ2) is 5.51. The molecule has 1 heterocycles. The first-order valence-electron chi connectivity index (χ1n) is 5.40. The van der Waals surface area contributed by atoms with Gasteiger partial charge < -0.3 is 5.32 Å². The van der Waals surface area contributed by atoms with Gasteiger partial charge in [0, 0.05) is 11.8 Å². The quantitative estimate of drug-likeness (QED) is 0.928. The van der Waals surface area contributed by atoms with Crippen LogP contribution >= 0.6 is 0 Å². The molecule has 0 saturated heterocycles. The second-order valence-electron chi connectivity index (χ2n) is 3.78. The number of anilines is 1. The molecule has 0 spiro atoms. The number of carbonyl (C=O) groups excluding carboxylic acids is 1. The van der Waals surface area contributed by atoms with Crippen molar-refractivity contribution in [2.75, 3.05) is 5.32 Å². The summed E-state index contributed by atoms with van der Waals surface area (Å²) in [5.74, 6) is -3.06. The molecule has 1 N–H and O–H groups in total. The predicted molar refractivity (Wildman–Crippen MR) is 62.9 cm³/mol. The Balaban J connectivity index is 2.12. The Morgan fingerprint density at radius 2 is 1.79 bits per heavy atom. The highest BCUT2D eigenvalue weighted by Crippen LogP contribution is 2.15. The number of amides is 1. The number of halogens is 3. The van der Waals surface area contributed by atoms with Crippen LogP contribution in [0.3, 0.4) is 0 Å². The molecule has 2 aromatic rings. The largest absolute Gasteiger partial charge is 0.323 e. The lowest BCUT2D eigenvalue weighted by molar-refractivity contribution is -0.115. The lowest BCUT2D eigenvalue weighted by Gasteiger charge is -2.07. The van der Waals surface area contributed by atoms with Crippen LogP contribution < -0.4 is 5.32 Å². The molecule has 0 bridgehead atoms. The number of nitrogens with one attached hydrogen (secondary N) is 1. The van der Waals surface area contributed by atoms with Crippen LogP contribution in [0.1, 0.15) is 5.56 Å². The summed E-state index contributed by atoms with van der Waals surface area (Å²) in [4.78, 5) is 15.1. The summed E-state index contributed by atoms with van der Waals surface area (Å²) in [5, 5.41) is 2.23. The van der Waals surface area contributed by atoms with Crippen molar-refractivity contribution in [1.82, 2.24) is 4.98 Å². The predicted octanol–water partition coefficient (Wildman–Crippen LogP) is 2.68. The third kappa shape index (κ3) is 3.09. The first-order chi connectivity index (χ1) is 9.08. The highest BCUT2D eigenvalue weighted by atomic mass is 19.1. The van der Waals surface area contributed by atoms with E-state index in [1.54, 1.807) is 0 Å². The van der Waals surface area contributed by atoms with Gasteiger partial charge in [-0.15, -0.1) is 0 Å². The zero-order valence-electron chi connectivity index (χ0n) is 9.66. The third-order valence-corrected chi connectivity index (χ3v) is 2.45. The number of hydrogen-bond donors (Lipinski definition) is 1. The molecule has 6 heteroatoms. The number of aromatic nitrogens is 1. The van der Waals surface area contributed by atoms with Gasteiger partial charge >= 0.3 is 0 Å². The van der Waals surface area contributed by atoms with Gasteiger partial charge in [0.05, 0.1) is 18.3 Å². The van der Waals surface area contributed by atoms with Crippen LogP contribution in [0, 0.1) is 17.5 Å². The molecule has 98 valence electrons. The molecule has 0 aliphatic heterocycles. The van der Waals surface area contributed by atoms with E-state index in [0.29, 0.717) is 0 Å². The Morgan fingerprint density at radius 1 is 1.11 bits per heavy atom. The van der Waals surface area contributed by atoms with Gasteiger partial charge in [0.1, 0.15) is 11.6 Å². The molecule has 3 nitrogen and oxygen atoms in total. The molecule has 0 atom stereocenters. The minimum absolute atomic E-state index is 0.0863. The van der Waals surface area contributed by atoms with Crippen molar-refractivity contribution < 1.29 is 18.0 Å². The number of carbonyl (C=O) groups is 1. The van der Waals surface area contributed by atoms with Crippen LogP contribution in [0.15, 0.2) is 36.7 Å². The van der Waals surface area contributed by atoms with E-state index in [2.05, 4.69) is 10.3 Å². The standard InChI is InChI=1S/C13H9F3N2O/c14-9-2-1-3-10(15)8(9)6-13(19)18-12-4-5-17-7-11(12)16/h1-5,7H,6H2,(H,17,18,19). The molecule has 0 aliphatic rings. The number of benzene rings is 1. The normalized spacial score (nSPS) is 10.3. The minimum Gasteiger partial charge on any atom is -0.323 e. The van der Waals surface area contributed by atoms with Gasteiger partial charge in [0.15, 0.2) is 5.82 Å². The molecule has 0 aliphatic carbocycles. The molecular formula is C13H9F3N2O. The minimum atomic E-state index is -0.814. The highest BCUT2D eigenvalue weighted by Gasteiger charge is 2.14. The van der Waals surface area contributed by atoms with Crippen molar-refractivity contribution in [1.29, 1.82) is 0 Å². The molecule has 19 heavy (non-hydrogen) atoms. The van der Waals surface area contributed by atoms with E-state index in [9.17, 15) is 18.0 Å². The van der Waals surface area contributed by atoms with E-state index in [0.717, 1.165) is 18.3 Å². The fourth-order valence-electron chi connectivity index (χ4n) is 1.53. The van der Waals surface area contributed by atoms with Gasteiger partial charge in [-0.3, -0.25) is 9.78 Å². The fourth-order valence-corrected chi connectivity index (χ4v) is 1.53. The van der Waals surface area contributed by atoms with Crippen LogP contribution in [-0.4, -0.2) is 10.9 Å². The zero-order chi connectivity index (χ0) is 13.8. The van der Waals surface area contributed by atoms with Crippen LogP contribution in [0.5, 0.6) is 0 Å². The fraction of sp³-hybridized carbons (Fsp3) is 0.0769. The SMILES string of the molecule is O=C(Cc1c(F)cccc1F)Nc1ccncc1F. The van der Waals surface area contributed by atoms with Crippen molar-refractivity contribution in [3.8, 4) is 0 Å². The van der Waals surface area contributed by atoms with Gasteiger partial charge in [-0.1, -0.05) is 6.07 Å². The number of rotatable bonds is 3. The van der Waals surface area contributed by atoms with Gasteiger partial charge in [0.25, 0.3) is 0 Å². The monoisotopic (exact) mass is 266 g/mol. The van der Waals surface area contributed by atoms with Crippen molar-refractivity contribution in [2.45, 2.75) is 6.42 Å². The second-order valence-corrected chi connectivity index (χ2v) is 3.78. The van der Waals surface area contributed by atoms with Crippen molar-refractivity contribution in [2.24, 2.45) is 0 Å². The van der Waals surface area contributed by atoms with Crippen LogP contribution in [0.25, 0.3) is 0 Å². The maximum absolute atomic E-state index is 13.3. The Morgan fingerprint density at radius 3 is 2.42 bits per heavy atom. The molecule has 1 amide bonds. The maximum atomic E-state index is 13.3. The average molecular weight is 266 g/mol. The van der Waals surface area contributed by atoms with E-state index in [4.69, 9.17) is 0 Å². The van der Waals surface area contributed by atoms with Gasteiger partial charge in [-0.05, 0) is 18.2 Å². The Bertz CT molecular complexity index is 596. The number of hydrogen-bond acceptors (Lipinski definition) is 2. The zero-order valence-corrected chi connectivity index (χ0v) is 9.66. The molecule has 2 rings (SSSR count). The summed E-state index contributed by atoms with van der Waals surface area (Å²) < 4.78 is 39.9. The van der Waals surface area contributed by atoms with Crippen LogP contribution in [-0.2, 0) is 11.2 Å².